The van der Waals surface area contributed by atoms with E-state index in [9.17, 15) is 9.59 Å². The number of para-hydroxylation sites is 1. The van der Waals surface area contributed by atoms with E-state index in [4.69, 9.17) is 5.11 Å². The van der Waals surface area contributed by atoms with E-state index in [1.54, 1.807) is 23.1 Å². The number of amides is 1. The van der Waals surface area contributed by atoms with Gasteiger partial charge < -0.3 is 10.4 Å². The molecule has 8 heteroatoms. The van der Waals surface area contributed by atoms with E-state index in [-0.39, 0.29) is 24.5 Å². The van der Waals surface area contributed by atoms with Crippen molar-refractivity contribution in [3.63, 3.8) is 0 Å². The lowest BCUT2D eigenvalue weighted by atomic mass is 9.85. The minimum Gasteiger partial charge on any atom is -0.480 e. The standard InChI is InChI=1S/C19H23N5O3/c25-18(26)12-23(11-13-5-6-13)15-9-14(10-15)21-19(27)16-3-1-2-4-17(16)24-8-7-20-22-24/h1-4,7-8,13-15H,5-6,9-12H2,(H,21,27)(H,25,26). The number of carboxylic acid groups (broad SMARTS) is 1. The maximum Gasteiger partial charge on any atom is 0.317 e. The Morgan fingerprint density at radius 3 is 2.70 bits per heavy atom. The first-order valence-corrected chi connectivity index (χ1v) is 9.32. The second kappa shape index (κ2) is 7.48. The summed E-state index contributed by atoms with van der Waals surface area (Å²) in [7, 11) is 0. The SMILES string of the molecule is O=C(O)CN(CC1CC1)C1CC(NC(=O)c2ccccc2-n2ccnn2)C1. The number of aliphatic carboxylic acids is 1. The fourth-order valence-corrected chi connectivity index (χ4v) is 3.62. The van der Waals surface area contributed by atoms with Gasteiger partial charge in [-0.1, -0.05) is 17.3 Å². The molecule has 1 heterocycles. The van der Waals surface area contributed by atoms with Crippen LogP contribution in [0.15, 0.2) is 36.7 Å². The molecule has 1 aromatic heterocycles. The van der Waals surface area contributed by atoms with E-state index in [1.807, 2.05) is 18.2 Å². The molecule has 1 amide bonds. The van der Waals surface area contributed by atoms with Crippen molar-refractivity contribution in [2.24, 2.45) is 5.92 Å². The summed E-state index contributed by atoms with van der Waals surface area (Å²) < 4.78 is 1.57. The van der Waals surface area contributed by atoms with Crippen LogP contribution in [0.25, 0.3) is 5.69 Å². The maximum atomic E-state index is 12.7. The first-order chi connectivity index (χ1) is 13.1. The number of nitrogens with zero attached hydrogens (tertiary/aromatic N) is 4. The molecular weight excluding hydrogens is 346 g/mol. The van der Waals surface area contributed by atoms with Crippen LogP contribution in [0.4, 0.5) is 0 Å². The Morgan fingerprint density at radius 1 is 1.26 bits per heavy atom. The lowest BCUT2D eigenvalue weighted by Crippen LogP contribution is -2.55. The van der Waals surface area contributed by atoms with Gasteiger partial charge in [0.1, 0.15) is 0 Å². The summed E-state index contributed by atoms with van der Waals surface area (Å²) in [4.78, 5) is 25.9. The van der Waals surface area contributed by atoms with Crippen molar-refractivity contribution >= 4 is 11.9 Å². The van der Waals surface area contributed by atoms with Gasteiger partial charge in [-0.2, -0.15) is 0 Å². The summed E-state index contributed by atoms with van der Waals surface area (Å²) in [6, 6.07) is 7.58. The van der Waals surface area contributed by atoms with Crippen LogP contribution in [-0.2, 0) is 4.79 Å². The topological polar surface area (TPSA) is 100 Å². The molecule has 0 unspecified atom stereocenters. The zero-order valence-corrected chi connectivity index (χ0v) is 15.0. The second-order valence-corrected chi connectivity index (χ2v) is 7.43. The fourth-order valence-electron chi connectivity index (χ4n) is 3.62. The molecule has 142 valence electrons. The third-order valence-corrected chi connectivity index (χ3v) is 5.31. The van der Waals surface area contributed by atoms with Crippen LogP contribution in [0, 0.1) is 5.92 Å². The number of carbonyl (C=O) groups is 2. The number of carboxylic acids is 1. The molecular formula is C19H23N5O3. The molecule has 2 fully saturated rings. The molecule has 0 bridgehead atoms. The zero-order valence-electron chi connectivity index (χ0n) is 15.0. The van der Waals surface area contributed by atoms with E-state index in [0.29, 0.717) is 17.2 Å². The summed E-state index contributed by atoms with van der Waals surface area (Å²) in [5.41, 5.74) is 1.23. The van der Waals surface area contributed by atoms with Gasteiger partial charge in [-0.05, 0) is 43.7 Å². The molecule has 0 saturated heterocycles. The normalized spacial score (nSPS) is 21.7. The predicted molar refractivity (Wildman–Crippen MR) is 97.6 cm³/mol. The molecule has 2 aromatic rings. The highest BCUT2D eigenvalue weighted by Gasteiger charge is 2.38. The molecule has 2 aliphatic rings. The van der Waals surface area contributed by atoms with Crippen LogP contribution < -0.4 is 5.32 Å². The van der Waals surface area contributed by atoms with E-state index in [1.165, 1.54) is 12.8 Å². The molecule has 2 aliphatic carbocycles. The highest BCUT2D eigenvalue weighted by atomic mass is 16.4. The molecule has 8 nitrogen and oxygen atoms in total. The third kappa shape index (κ3) is 4.16. The van der Waals surface area contributed by atoms with Crippen LogP contribution in [-0.4, -0.2) is 62.0 Å². The molecule has 27 heavy (non-hydrogen) atoms. The van der Waals surface area contributed by atoms with Crippen LogP contribution >= 0.6 is 0 Å². The van der Waals surface area contributed by atoms with Gasteiger partial charge >= 0.3 is 5.97 Å². The average Bonchev–Trinajstić information content (AvgIpc) is 3.26. The van der Waals surface area contributed by atoms with Crippen LogP contribution in [0.5, 0.6) is 0 Å². The summed E-state index contributed by atoms with van der Waals surface area (Å²) in [5.74, 6) is -0.283. The van der Waals surface area contributed by atoms with Gasteiger partial charge in [0.25, 0.3) is 5.91 Å². The number of benzene rings is 1. The van der Waals surface area contributed by atoms with E-state index in [0.717, 1.165) is 19.4 Å². The van der Waals surface area contributed by atoms with Crippen molar-refractivity contribution < 1.29 is 14.7 Å². The number of nitrogens with one attached hydrogen (secondary N) is 1. The van der Waals surface area contributed by atoms with Crippen molar-refractivity contribution in [1.82, 2.24) is 25.2 Å². The Balaban J connectivity index is 1.36. The monoisotopic (exact) mass is 369 g/mol. The number of carbonyl (C=O) groups excluding carboxylic acids is 1. The molecule has 1 aromatic carbocycles. The van der Waals surface area contributed by atoms with Gasteiger partial charge in [0, 0.05) is 18.6 Å². The van der Waals surface area contributed by atoms with Gasteiger partial charge in [0.2, 0.25) is 0 Å². The van der Waals surface area contributed by atoms with E-state index in [2.05, 4.69) is 20.5 Å². The van der Waals surface area contributed by atoms with Gasteiger partial charge in [0.05, 0.1) is 30.2 Å². The molecule has 0 radical (unpaired) electrons. The first-order valence-electron chi connectivity index (χ1n) is 9.32. The van der Waals surface area contributed by atoms with E-state index >= 15 is 0 Å². The zero-order chi connectivity index (χ0) is 18.8. The fraction of sp³-hybridized carbons (Fsp3) is 0.474. The number of aromatic nitrogens is 3. The van der Waals surface area contributed by atoms with Gasteiger partial charge in [-0.25, -0.2) is 4.68 Å². The molecule has 4 rings (SSSR count). The Morgan fingerprint density at radius 2 is 2.04 bits per heavy atom. The lowest BCUT2D eigenvalue weighted by Gasteiger charge is -2.42. The highest BCUT2D eigenvalue weighted by Crippen LogP contribution is 2.33. The molecule has 0 atom stereocenters. The quantitative estimate of drug-likeness (QED) is 0.728. The van der Waals surface area contributed by atoms with Crippen molar-refractivity contribution in [3.8, 4) is 5.69 Å². The average molecular weight is 369 g/mol. The summed E-state index contributed by atoms with van der Waals surface area (Å²) in [5, 5.41) is 20.0. The molecule has 2 saturated carbocycles. The molecule has 2 N–H and O–H groups in total. The highest BCUT2D eigenvalue weighted by molar-refractivity contribution is 5.98. The van der Waals surface area contributed by atoms with Gasteiger partial charge in [-0.3, -0.25) is 14.5 Å². The van der Waals surface area contributed by atoms with Gasteiger partial charge in [0.15, 0.2) is 0 Å². The number of hydrogen-bond donors (Lipinski definition) is 2. The molecule has 0 aliphatic heterocycles. The summed E-state index contributed by atoms with van der Waals surface area (Å²) >= 11 is 0. The number of hydrogen-bond acceptors (Lipinski definition) is 5. The second-order valence-electron chi connectivity index (χ2n) is 7.43. The summed E-state index contributed by atoms with van der Waals surface area (Å²) in [6.07, 6.45) is 7.24. The Labute approximate surface area is 157 Å². The van der Waals surface area contributed by atoms with Crippen molar-refractivity contribution in [2.45, 2.75) is 37.8 Å². The third-order valence-electron chi connectivity index (χ3n) is 5.31. The van der Waals surface area contributed by atoms with Crippen molar-refractivity contribution in [2.75, 3.05) is 13.1 Å². The summed E-state index contributed by atoms with van der Waals surface area (Å²) in [6.45, 7) is 0.934. The minimum absolute atomic E-state index is 0.0711. The Kier molecular flexibility index (Phi) is 4.89. The Bertz CT molecular complexity index is 813. The number of rotatable bonds is 8. The van der Waals surface area contributed by atoms with Crippen LogP contribution in [0.1, 0.15) is 36.0 Å². The van der Waals surface area contributed by atoms with Crippen LogP contribution in [0.2, 0.25) is 0 Å². The van der Waals surface area contributed by atoms with Crippen molar-refractivity contribution in [3.05, 3.63) is 42.2 Å². The minimum atomic E-state index is -0.787. The first kappa shape index (κ1) is 17.7. The van der Waals surface area contributed by atoms with Crippen LogP contribution in [0.3, 0.4) is 0 Å². The maximum absolute atomic E-state index is 12.7. The van der Waals surface area contributed by atoms with Gasteiger partial charge in [-0.15, -0.1) is 5.10 Å². The smallest absolute Gasteiger partial charge is 0.317 e. The lowest BCUT2D eigenvalue weighted by molar-refractivity contribution is -0.139. The predicted octanol–water partition coefficient (Wildman–Crippen LogP) is 1.32. The largest absolute Gasteiger partial charge is 0.480 e. The van der Waals surface area contributed by atoms with Crippen molar-refractivity contribution in [1.29, 1.82) is 0 Å². The molecule has 0 spiro atoms. The Hall–Kier alpha value is -2.74. The van der Waals surface area contributed by atoms with E-state index < -0.39 is 5.97 Å².